The Labute approximate surface area is 194 Å². The van der Waals surface area contributed by atoms with Crippen molar-refractivity contribution in [2.75, 3.05) is 44.7 Å². The van der Waals surface area contributed by atoms with Crippen LogP contribution >= 0.6 is 22.9 Å². The molecule has 2 aromatic rings. The van der Waals surface area contributed by atoms with Gasteiger partial charge in [-0.05, 0) is 24.6 Å². The van der Waals surface area contributed by atoms with Crippen LogP contribution in [-0.2, 0) is 19.7 Å². The smallest absolute Gasteiger partial charge is 0.280 e. The third kappa shape index (κ3) is 5.45. The maximum Gasteiger partial charge on any atom is 0.280 e. The van der Waals surface area contributed by atoms with Gasteiger partial charge in [0.15, 0.2) is 0 Å². The minimum absolute atomic E-state index is 0.134. The Morgan fingerprint density at radius 2 is 2.12 bits per heavy atom. The number of aromatic nitrogens is 1. The molecule has 32 heavy (non-hydrogen) atoms. The van der Waals surface area contributed by atoms with Crippen LogP contribution in [-0.4, -0.2) is 73.9 Å². The van der Waals surface area contributed by atoms with E-state index < -0.39 is 34.0 Å². The summed E-state index contributed by atoms with van der Waals surface area (Å²) in [5.41, 5.74) is 0.288. The normalized spacial score (nSPS) is 24.3. The van der Waals surface area contributed by atoms with Crippen molar-refractivity contribution in [1.82, 2.24) is 18.9 Å². The number of nitrogens with one attached hydrogen (secondary N) is 2. The number of thiazole rings is 1. The first-order valence-corrected chi connectivity index (χ1v) is 12.8. The topological polar surface area (TPSA) is 104 Å². The number of anilines is 1. The number of morpholine rings is 1. The van der Waals surface area contributed by atoms with Crippen molar-refractivity contribution in [3.63, 3.8) is 0 Å². The Morgan fingerprint density at radius 3 is 2.81 bits per heavy atom. The van der Waals surface area contributed by atoms with Crippen LogP contribution in [0.5, 0.6) is 0 Å². The highest BCUT2D eigenvalue weighted by molar-refractivity contribution is 7.87. The second-order valence-corrected chi connectivity index (χ2v) is 10.5. The highest BCUT2D eigenvalue weighted by Crippen LogP contribution is 2.30. The number of carbonyl (C=O) groups excluding carboxylic acids is 1. The van der Waals surface area contributed by atoms with Gasteiger partial charge in [-0.3, -0.25) is 9.69 Å². The molecule has 0 spiro atoms. The summed E-state index contributed by atoms with van der Waals surface area (Å²) in [7, 11) is -3.96. The van der Waals surface area contributed by atoms with Gasteiger partial charge in [0.05, 0.1) is 24.3 Å². The summed E-state index contributed by atoms with van der Waals surface area (Å²) in [6.07, 6.45) is 1.80. The third-order valence-electron chi connectivity index (χ3n) is 5.39. The van der Waals surface area contributed by atoms with E-state index in [-0.39, 0.29) is 23.7 Å². The standard InChI is InChI=1S/C19H23ClFN5O4S2/c20-14-11-13(1-2-15(14)21)23-18(27)17-12-16(19-22-3-10-31-19)24-32(28,29)26(17)5-4-25-6-8-30-9-7-25/h1-3,10-11,16-17,24H,4-9,12H2,(H,23,27)/t16-,17+/m0/s1. The van der Waals surface area contributed by atoms with Crippen LogP contribution < -0.4 is 10.0 Å². The number of hydrogen-bond acceptors (Lipinski definition) is 7. The van der Waals surface area contributed by atoms with Gasteiger partial charge in [-0.15, -0.1) is 11.3 Å². The van der Waals surface area contributed by atoms with Crippen molar-refractivity contribution in [2.45, 2.75) is 18.5 Å². The summed E-state index contributed by atoms with van der Waals surface area (Å²) in [6.45, 7) is 3.20. The molecule has 9 nitrogen and oxygen atoms in total. The number of ether oxygens (including phenoxy) is 1. The van der Waals surface area contributed by atoms with Gasteiger partial charge in [-0.2, -0.15) is 17.4 Å². The van der Waals surface area contributed by atoms with E-state index in [9.17, 15) is 17.6 Å². The molecular formula is C19H23ClFN5O4S2. The van der Waals surface area contributed by atoms with Crippen LogP contribution in [0, 0.1) is 5.82 Å². The lowest BCUT2D eigenvalue weighted by Crippen LogP contribution is -2.59. The summed E-state index contributed by atoms with van der Waals surface area (Å²) in [5, 5.41) is 4.88. The first-order valence-electron chi connectivity index (χ1n) is 10.1. The average Bonchev–Trinajstić information content (AvgIpc) is 3.30. The number of benzene rings is 1. The van der Waals surface area contributed by atoms with E-state index in [0.29, 0.717) is 37.9 Å². The lowest BCUT2D eigenvalue weighted by molar-refractivity contribution is -0.120. The molecule has 2 atom stereocenters. The monoisotopic (exact) mass is 503 g/mol. The van der Waals surface area contributed by atoms with Crippen LogP contribution in [0.1, 0.15) is 17.5 Å². The van der Waals surface area contributed by atoms with Crippen LogP contribution in [0.25, 0.3) is 0 Å². The Kier molecular flexibility index (Phi) is 7.40. The molecule has 2 fully saturated rings. The molecule has 2 saturated heterocycles. The second-order valence-electron chi connectivity index (χ2n) is 7.48. The quantitative estimate of drug-likeness (QED) is 0.623. The molecule has 0 radical (unpaired) electrons. The number of halogens is 2. The molecule has 2 aliphatic rings. The molecule has 0 saturated carbocycles. The summed E-state index contributed by atoms with van der Waals surface area (Å²) in [5.74, 6) is -1.12. The molecule has 0 unspecified atom stereocenters. The summed E-state index contributed by atoms with van der Waals surface area (Å²) in [6, 6.07) is 2.23. The fourth-order valence-corrected chi connectivity index (χ4v) is 6.24. The lowest BCUT2D eigenvalue weighted by atomic mass is 10.1. The van der Waals surface area contributed by atoms with Crippen molar-refractivity contribution in [3.05, 3.63) is 45.6 Å². The molecule has 1 amide bonds. The van der Waals surface area contributed by atoms with Crippen molar-refractivity contribution in [1.29, 1.82) is 0 Å². The Hall–Kier alpha value is -1.67. The van der Waals surface area contributed by atoms with E-state index in [1.807, 2.05) is 0 Å². The van der Waals surface area contributed by atoms with Crippen molar-refractivity contribution < 1.29 is 22.3 Å². The predicted molar refractivity (Wildman–Crippen MR) is 119 cm³/mol. The van der Waals surface area contributed by atoms with E-state index in [4.69, 9.17) is 16.3 Å². The van der Waals surface area contributed by atoms with E-state index in [2.05, 4.69) is 19.9 Å². The third-order valence-corrected chi connectivity index (χ3v) is 8.20. The highest BCUT2D eigenvalue weighted by atomic mass is 35.5. The van der Waals surface area contributed by atoms with Gasteiger partial charge in [-0.1, -0.05) is 11.6 Å². The summed E-state index contributed by atoms with van der Waals surface area (Å²) < 4.78 is 48.9. The van der Waals surface area contributed by atoms with E-state index in [0.717, 1.165) is 6.07 Å². The lowest BCUT2D eigenvalue weighted by Gasteiger charge is -2.38. The molecule has 0 bridgehead atoms. The number of amides is 1. The zero-order valence-electron chi connectivity index (χ0n) is 17.0. The van der Waals surface area contributed by atoms with E-state index >= 15 is 0 Å². The number of carbonyl (C=O) groups is 1. The molecule has 0 aliphatic carbocycles. The van der Waals surface area contributed by atoms with E-state index in [1.165, 1.54) is 27.8 Å². The largest absolute Gasteiger partial charge is 0.379 e. The molecule has 174 valence electrons. The molecule has 1 aromatic heterocycles. The van der Waals surface area contributed by atoms with Gasteiger partial charge in [0.2, 0.25) is 5.91 Å². The summed E-state index contributed by atoms with van der Waals surface area (Å²) in [4.78, 5) is 19.5. The maximum atomic E-state index is 13.5. The van der Waals surface area contributed by atoms with Gasteiger partial charge < -0.3 is 10.1 Å². The van der Waals surface area contributed by atoms with E-state index in [1.54, 1.807) is 11.6 Å². The first-order chi connectivity index (χ1) is 15.3. The van der Waals surface area contributed by atoms with Crippen LogP contribution in [0.3, 0.4) is 0 Å². The van der Waals surface area contributed by atoms with Gasteiger partial charge in [0.25, 0.3) is 10.2 Å². The molecule has 2 N–H and O–H groups in total. The van der Waals surface area contributed by atoms with Crippen molar-refractivity contribution >= 4 is 44.7 Å². The fraction of sp³-hybridized carbons (Fsp3) is 0.474. The molecule has 1 aromatic carbocycles. The Morgan fingerprint density at radius 1 is 1.34 bits per heavy atom. The number of hydrogen-bond donors (Lipinski definition) is 2. The first kappa shape index (κ1) is 23.5. The van der Waals surface area contributed by atoms with Crippen molar-refractivity contribution in [3.8, 4) is 0 Å². The SMILES string of the molecule is O=C(Nc1ccc(F)c(Cl)c1)[C@H]1C[C@@H](c2nccs2)NS(=O)(=O)N1CCN1CCOCC1. The minimum atomic E-state index is -3.96. The number of rotatable bonds is 6. The summed E-state index contributed by atoms with van der Waals surface area (Å²) >= 11 is 7.14. The van der Waals surface area contributed by atoms with Crippen molar-refractivity contribution in [2.24, 2.45) is 0 Å². The molecule has 4 rings (SSSR count). The fourth-order valence-electron chi connectivity index (χ4n) is 3.74. The zero-order valence-corrected chi connectivity index (χ0v) is 19.4. The molecule has 3 heterocycles. The Bertz CT molecular complexity index is 1050. The zero-order chi connectivity index (χ0) is 22.7. The maximum absolute atomic E-state index is 13.5. The number of nitrogens with zero attached hydrogens (tertiary/aromatic N) is 3. The van der Waals surface area contributed by atoms with Gasteiger partial charge in [0.1, 0.15) is 16.9 Å². The molecule has 13 heteroatoms. The van der Waals surface area contributed by atoms with Gasteiger partial charge in [0, 0.05) is 43.4 Å². The van der Waals surface area contributed by atoms with Crippen LogP contribution in [0.4, 0.5) is 10.1 Å². The van der Waals surface area contributed by atoms with Gasteiger partial charge >= 0.3 is 0 Å². The minimum Gasteiger partial charge on any atom is -0.379 e. The Balaban J connectivity index is 1.56. The highest BCUT2D eigenvalue weighted by Gasteiger charge is 2.43. The predicted octanol–water partition coefficient (Wildman–Crippen LogP) is 1.86. The molecule has 2 aliphatic heterocycles. The average molecular weight is 504 g/mol. The second kappa shape index (κ2) is 10.1. The van der Waals surface area contributed by atoms with Crippen LogP contribution in [0.15, 0.2) is 29.8 Å². The van der Waals surface area contributed by atoms with Crippen LogP contribution in [0.2, 0.25) is 5.02 Å². The molecular weight excluding hydrogens is 481 g/mol. The van der Waals surface area contributed by atoms with Gasteiger partial charge in [-0.25, -0.2) is 9.37 Å².